The van der Waals surface area contributed by atoms with E-state index in [0.29, 0.717) is 0 Å². The third-order valence-electron chi connectivity index (χ3n) is 4.01. The fraction of sp³-hybridized carbons (Fsp3) is 0.562. The summed E-state index contributed by atoms with van der Waals surface area (Å²) in [6.45, 7) is 6.50. The highest BCUT2D eigenvalue weighted by Gasteiger charge is 2.24. The molecule has 3 rings (SSSR count). The molecule has 2 aromatic heterocycles. The van der Waals surface area contributed by atoms with E-state index >= 15 is 0 Å². The molecule has 1 unspecified atom stereocenters. The van der Waals surface area contributed by atoms with Crippen molar-refractivity contribution >= 4 is 39.2 Å². The van der Waals surface area contributed by atoms with Crippen molar-refractivity contribution in [2.45, 2.75) is 51.0 Å². The number of nitrogens with two attached hydrogens (primary N) is 1. The number of amides is 1. The summed E-state index contributed by atoms with van der Waals surface area (Å²) in [5.74, 6) is 1.83. The second kappa shape index (κ2) is 6.16. The Bertz CT molecular complexity index is 724. The van der Waals surface area contributed by atoms with Gasteiger partial charge in [-0.1, -0.05) is 32.5 Å². The third kappa shape index (κ3) is 2.99. The molecule has 0 spiro atoms. The van der Waals surface area contributed by atoms with Crippen LogP contribution in [0.1, 0.15) is 49.4 Å². The maximum Gasteiger partial charge on any atom is 0.227 e. The first-order chi connectivity index (χ1) is 10.5. The van der Waals surface area contributed by atoms with Gasteiger partial charge in [0.15, 0.2) is 0 Å². The molecule has 118 valence electrons. The van der Waals surface area contributed by atoms with Gasteiger partial charge in [0.05, 0.1) is 5.75 Å². The highest BCUT2D eigenvalue weighted by Crippen LogP contribution is 2.41. The number of aryl methyl sites for hydroxylation is 1. The van der Waals surface area contributed by atoms with Gasteiger partial charge in [0.25, 0.3) is 0 Å². The van der Waals surface area contributed by atoms with Crippen molar-refractivity contribution in [3.05, 3.63) is 16.3 Å². The summed E-state index contributed by atoms with van der Waals surface area (Å²) in [6, 6.07) is 0. The zero-order chi connectivity index (χ0) is 15.9. The standard InChI is InChI=1S/C16H21N3OS2/c1-8(2)14-18-15(21-7-12(17)20)13-10-5-4-9(3)6-11(10)22-16(13)19-14/h8-9H,4-7H2,1-3H3,(H2,17,20). The van der Waals surface area contributed by atoms with Gasteiger partial charge in [-0.15, -0.1) is 11.3 Å². The van der Waals surface area contributed by atoms with Crippen LogP contribution in [-0.2, 0) is 17.6 Å². The predicted octanol–water partition coefficient (Wildman–Crippen LogP) is 3.52. The van der Waals surface area contributed by atoms with Crippen molar-refractivity contribution in [1.82, 2.24) is 9.97 Å². The first kappa shape index (κ1) is 15.7. The SMILES string of the molecule is CC1CCc2c(sc3nc(C(C)C)nc(SCC(N)=O)c23)C1. The Balaban J connectivity index is 2.14. The van der Waals surface area contributed by atoms with Crippen molar-refractivity contribution in [2.75, 3.05) is 5.75 Å². The molecule has 1 aliphatic carbocycles. The number of carbonyl (C=O) groups is 1. The number of thiophene rings is 1. The smallest absolute Gasteiger partial charge is 0.227 e. The van der Waals surface area contributed by atoms with E-state index in [1.54, 1.807) is 11.3 Å². The molecular weight excluding hydrogens is 314 g/mol. The monoisotopic (exact) mass is 335 g/mol. The highest BCUT2D eigenvalue weighted by atomic mass is 32.2. The lowest BCUT2D eigenvalue weighted by molar-refractivity contribution is -0.115. The number of hydrogen-bond donors (Lipinski definition) is 1. The molecule has 0 saturated carbocycles. The van der Waals surface area contributed by atoms with Crippen molar-refractivity contribution < 1.29 is 4.79 Å². The van der Waals surface area contributed by atoms with Crippen LogP contribution in [0.3, 0.4) is 0 Å². The fourth-order valence-electron chi connectivity index (χ4n) is 2.83. The van der Waals surface area contributed by atoms with E-state index < -0.39 is 0 Å². The van der Waals surface area contributed by atoms with Gasteiger partial charge in [-0.05, 0) is 30.7 Å². The van der Waals surface area contributed by atoms with Gasteiger partial charge >= 0.3 is 0 Å². The summed E-state index contributed by atoms with van der Waals surface area (Å²) in [5.41, 5.74) is 6.72. The Kier molecular flexibility index (Phi) is 4.41. The lowest BCUT2D eigenvalue weighted by Crippen LogP contribution is -2.13. The first-order valence-corrected chi connectivity index (χ1v) is 9.49. The maximum absolute atomic E-state index is 11.2. The van der Waals surface area contributed by atoms with Crippen LogP contribution < -0.4 is 5.73 Å². The second-order valence-electron chi connectivity index (χ2n) is 6.33. The molecule has 1 atom stereocenters. The van der Waals surface area contributed by atoms with Crippen LogP contribution in [0.4, 0.5) is 0 Å². The molecule has 6 heteroatoms. The number of fused-ring (bicyclic) bond motifs is 3. The average Bonchev–Trinajstić information content (AvgIpc) is 2.81. The van der Waals surface area contributed by atoms with Crippen LogP contribution in [0.15, 0.2) is 5.03 Å². The number of primary amides is 1. The zero-order valence-electron chi connectivity index (χ0n) is 13.2. The lowest BCUT2D eigenvalue weighted by Gasteiger charge is -2.18. The van der Waals surface area contributed by atoms with Gasteiger partial charge in [-0.3, -0.25) is 4.79 Å². The van der Waals surface area contributed by atoms with Crippen LogP contribution in [0.2, 0.25) is 0 Å². The summed E-state index contributed by atoms with van der Waals surface area (Å²) in [5, 5.41) is 2.10. The van der Waals surface area contributed by atoms with Gasteiger partial charge in [0.1, 0.15) is 15.7 Å². The molecule has 0 radical (unpaired) electrons. The molecule has 22 heavy (non-hydrogen) atoms. The van der Waals surface area contributed by atoms with E-state index in [9.17, 15) is 4.79 Å². The Morgan fingerprint density at radius 2 is 2.23 bits per heavy atom. The van der Waals surface area contributed by atoms with Crippen molar-refractivity contribution in [1.29, 1.82) is 0 Å². The van der Waals surface area contributed by atoms with E-state index in [0.717, 1.165) is 34.4 Å². The lowest BCUT2D eigenvalue weighted by atomic mass is 9.89. The summed E-state index contributed by atoms with van der Waals surface area (Å²) in [7, 11) is 0. The van der Waals surface area contributed by atoms with Gasteiger partial charge in [0, 0.05) is 16.2 Å². The molecule has 0 fully saturated rings. The summed E-state index contributed by atoms with van der Waals surface area (Å²) < 4.78 is 0. The van der Waals surface area contributed by atoms with Gasteiger partial charge in [-0.25, -0.2) is 9.97 Å². The molecule has 0 bridgehead atoms. The first-order valence-electron chi connectivity index (χ1n) is 7.69. The Hall–Kier alpha value is -1.14. The maximum atomic E-state index is 11.2. The average molecular weight is 335 g/mol. The van der Waals surface area contributed by atoms with Gasteiger partial charge in [0.2, 0.25) is 5.91 Å². The van der Waals surface area contributed by atoms with E-state index in [2.05, 4.69) is 20.8 Å². The summed E-state index contributed by atoms with van der Waals surface area (Å²) >= 11 is 3.25. The Morgan fingerprint density at radius 3 is 2.91 bits per heavy atom. The third-order valence-corrected chi connectivity index (χ3v) is 6.15. The van der Waals surface area contributed by atoms with Crippen LogP contribution in [0, 0.1) is 5.92 Å². The van der Waals surface area contributed by atoms with Crippen LogP contribution in [-0.4, -0.2) is 21.6 Å². The van der Waals surface area contributed by atoms with Gasteiger partial charge < -0.3 is 5.73 Å². The topological polar surface area (TPSA) is 68.9 Å². The number of thioether (sulfide) groups is 1. The largest absolute Gasteiger partial charge is 0.369 e. The van der Waals surface area contributed by atoms with E-state index in [1.165, 1.54) is 34.0 Å². The van der Waals surface area contributed by atoms with Crippen molar-refractivity contribution in [3.8, 4) is 0 Å². The molecule has 2 aromatic rings. The number of rotatable bonds is 4. The second-order valence-corrected chi connectivity index (χ2v) is 8.38. The highest BCUT2D eigenvalue weighted by molar-refractivity contribution is 8.00. The van der Waals surface area contributed by atoms with Crippen LogP contribution in [0.5, 0.6) is 0 Å². The Labute approximate surface area is 138 Å². The minimum atomic E-state index is -0.305. The van der Waals surface area contributed by atoms with E-state index in [1.807, 2.05) is 0 Å². The molecule has 2 heterocycles. The molecule has 1 amide bonds. The molecule has 0 aliphatic heterocycles. The summed E-state index contributed by atoms with van der Waals surface area (Å²) in [6.07, 6.45) is 3.43. The fourth-order valence-corrected chi connectivity index (χ4v) is 5.08. The molecule has 0 aromatic carbocycles. The van der Waals surface area contributed by atoms with E-state index in [-0.39, 0.29) is 17.6 Å². The minimum absolute atomic E-state index is 0.269. The minimum Gasteiger partial charge on any atom is -0.369 e. The van der Waals surface area contributed by atoms with Crippen molar-refractivity contribution in [3.63, 3.8) is 0 Å². The van der Waals surface area contributed by atoms with Crippen LogP contribution in [0.25, 0.3) is 10.2 Å². The van der Waals surface area contributed by atoms with E-state index in [4.69, 9.17) is 15.7 Å². The predicted molar refractivity (Wildman–Crippen MR) is 92.6 cm³/mol. The van der Waals surface area contributed by atoms with Gasteiger partial charge in [-0.2, -0.15) is 0 Å². The number of aromatic nitrogens is 2. The molecule has 1 aliphatic rings. The summed E-state index contributed by atoms with van der Waals surface area (Å²) in [4.78, 5) is 23.2. The molecule has 0 saturated heterocycles. The molecule has 2 N–H and O–H groups in total. The van der Waals surface area contributed by atoms with Crippen molar-refractivity contribution in [2.24, 2.45) is 11.7 Å². The van der Waals surface area contributed by atoms with Crippen LogP contribution >= 0.6 is 23.1 Å². The zero-order valence-corrected chi connectivity index (χ0v) is 14.8. The number of nitrogens with zero attached hydrogens (tertiary/aromatic N) is 2. The quantitative estimate of drug-likeness (QED) is 0.685. The Morgan fingerprint density at radius 1 is 1.45 bits per heavy atom. The molecule has 4 nitrogen and oxygen atoms in total. The molecular formula is C16H21N3OS2. The number of hydrogen-bond acceptors (Lipinski definition) is 5. The normalized spacial score (nSPS) is 17.9. The number of carbonyl (C=O) groups excluding carboxylic acids is 1.